The van der Waals surface area contributed by atoms with Crippen LogP contribution >= 0.6 is 0 Å². The molecule has 4 nitrogen and oxygen atoms in total. The van der Waals surface area contributed by atoms with Gasteiger partial charge >= 0.3 is 0 Å². The van der Waals surface area contributed by atoms with Crippen LogP contribution in [0.1, 0.15) is 46.6 Å². The fourth-order valence-electron chi connectivity index (χ4n) is 2.96. The van der Waals surface area contributed by atoms with E-state index in [1.807, 2.05) is 25.1 Å². The van der Waals surface area contributed by atoms with Gasteiger partial charge in [-0.15, -0.1) is 0 Å². The van der Waals surface area contributed by atoms with Crippen molar-refractivity contribution in [3.63, 3.8) is 0 Å². The molecule has 1 unspecified atom stereocenters. The summed E-state index contributed by atoms with van der Waals surface area (Å²) in [6, 6.07) is 5.85. The Bertz CT molecular complexity index is 497. The van der Waals surface area contributed by atoms with E-state index in [0.717, 1.165) is 23.5 Å². The number of hydrogen-bond donors (Lipinski definition) is 1. The number of rotatable bonds is 5. The van der Waals surface area contributed by atoms with Crippen LogP contribution in [-0.4, -0.2) is 23.9 Å². The molecule has 1 atom stereocenters. The molecule has 1 aromatic carbocycles. The molecule has 2 rings (SSSR count). The van der Waals surface area contributed by atoms with Gasteiger partial charge in [-0.2, -0.15) is 0 Å². The van der Waals surface area contributed by atoms with Gasteiger partial charge in [0.15, 0.2) is 11.5 Å². The second-order valence-electron chi connectivity index (χ2n) is 6.66. The van der Waals surface area contributed by atoms with Crippen molar-refractivity contribution in [1.29, 1.82) is 0 Å². The summed E-state index contributed by atoms with van der Waals surface area (Å²) >= 11 is 0. The third kappa shape index (κ3) is 3.50. The zero-order valence-electron chi connectivity index (χ0n) is 13.7. The van der Waals surface area contributed by atoms with Crippen LogP contribution in [0, 0.1) is 0 Å². The third-order valence-corrected chi connectivity index (χ3v) is 3.83. The van der Waals surface area contributed by atoms with E-state index in [4.69, 9.17) is 19.9 Å². The summed E-state index contributed by atoms with van der Waals surface area (Å²) < 4.78 is 18.1. The summed E-state index contributed by atoms with van der Waals surface area (Å²) in [5.74, 6) is 1.50. The van der Waals surface area contributed by atoms with E-state index in [0.29, 0.717) is 13.2 Å². The Kier molecular flexibility index (Phi) is 4.49. The molecule has 1 heterocycles. The van der Waals surface area contributed by atoms with Crippen molar-refractivity contribution in [2.24, 2.45) is 5.73 Å². The Labute approximate surface area is 127 Å². The Morgan fingerprint density at radius 1 is 1.29 bits per heavy atom. The molecule has 118 valence electrons. The quantitative estimate of drug-likeness (QED) is 0.905. The van der Waals surface area contributed by atoms with Gasteiger partial charge in [0.2, 0.25) is 0 Å². The van der Waals surface area contributed by atoms with Crippen LogP contribution in [-0.2, 0) is 11.3 Å². The maximum atomic E-state index is 6.30. The predicted octanol–water partition coefficient (Wildman–Crippen LogP) is 3.27. The van der Waals surface area contributed by atoms with Gasteiger partial charge in [0.05, 0.1) is 12.2 Å². The van der Waals surface area contributed by atoms with E-state index in [1.165, 1.54) is 0 Å². The van der Waals surface area contributed by atoms with Gasteiger partial charge in [0, 0.05) is 18.5 Å². The van der Waals surface area contributed by atoms with Crippen molar-refractivity contribution >= 4 is 0 Å². The first-order chi connectivity index (χ1) is 9.79. The highest BCUT2D eigenvalue weighted by molar-refractivity contribution is 5.47. The van der Waals surface area contributed by atoms with Crippen molar-refractivity contribution in [2.45, 2.75) is 64.9 Å². The van der Waals surface area contributed by atoms with Crippen molar-refractivity contribution in [2.75, 3.05) is 6.61 Å². The van der Waals surface area contributed by atoms with E-state index >= 15 is 0 Å². The minimum absolute atomic E-state index is 0.0283. The number of hydrogen-bond acceptors (Lipinski definition) is 4. The SMILES string of the molecule is CCOc1cccc(CN)c1OC1CC(C)(C)OC1(C)C. The zero-order valence-corrected chi connectivity index (χ0v) is 13.7. The standard InChI is InChI=1S/C17H27NO3/c1-6-19-13-9-7-8-12(11-18)15(13)20-14-10-16(2,3)21-17(14,4)5/h7-9,14H,6,10-11,18H2,1-5H3. The Morgan fingerprint density at radius 3 is 2.52 bits per heavy atom. The summed E-state index contributed by atoms with van der Waals surface area (Å²) in [7, 11) is 0. The minimum atomic E-state index is -0.339. The van der Waals surface area contributed by atoms with Gasteiger partial charge in [-0.25, -0.2) is 0 Å². The molecular formula is C17H27NO3. The summed E-state index contributed by atoms with van der Waals surface area (Å²) in [5.41, 5.74) is 6.28. The average molecular weight is 293 g/mol. The molecule has 4 heteroatoms. The lowest BCUT2D eigenvalue weighted by atomic mass is 9.97. The molecule has 0 amide bonds. The Morgan fingerprint density at radius 2 is 2.00 bits per heavy atom. The van der Waals surface area contributed by atoms with Crippen LogP contribution in [0.4, 0.5) is 0 Å². The second-order valence-corrected chi connectivity index (χ2v) is 6.66. The molecule has 0 spiro atoms. The fraction of sp³-hybridized carbons (Fsp3) is 0.647. The zero-order chi connectivity index (χ0) is 15.7. The fourth-order valence-corrected chi connectivity index (χ4v) is 2.96. The molecule has 1 fully saturated rings. The van der Waals surface area contributed by atoms with Crippen LogP contribution in [0.5, 0.6) is 11.5 Å². The number of benzene rings is 1. The average Bonchev–Trinajstić information content (AvgIpc) is 2.59. The lowest BCUT2D eigenvalue weighted by Crippen LogP contribution is -2.37. The molecule has 1 aliphatic rings. The van der Waals surface area contributed by atoms with Crippen LogP contribution < -0.4 is 15.2 Å². The van der Waals surface area contributed by atoms with E-state index in [2.05, 4.69) is 27.7 Å². The molecular weight excluding hydrogens is 266 g/mol. The van der Waals surface area contributed by atoms with Gasteiger partial charge < -0.3 is 19.9 Å². The van der Waals surface area contributed by atoms with Gasteiger partial charge in [0.25, 0.3) is 0 Å². The van der Waals surface area contributed by atoms with Gasteiger partial charge in [-0.3, -0.25) is 0 Å². The smallest absolute Gasteiger partial charge is 0.166 e. The highest BCUT2D eigenvalue weighted by Gasteiger charge is 2.47. The van der Waals surface area contributed by atoms with Crippen LogP contribution in [0.2, 0.25) is 0 Å². The molecule has 1 saturated heterocycles. The third-order valence-electron chi connectivity index (χ3n) is 3.83. The molecule has 1 aromatic rings. The first-order valence-corrected chi connectivity index (χ1v) is 7.60. The molecule has 0 radical (unpaired) electrons. The summed E-state index contributed by atoms with van der Waals surface area (Å²) in [4.78, 5) is 0. The van der Waals surface area contributed by atoms with E-state index < -0.39 is 0 Å². The molecule has 21 heavy (non-hydrogen) atoms. The Hall–Kier alpha value is -1.26. The van der Waals surface area contributed by atoms with Gasteiger partial charge in [-0.1, -0.05) is 12.1 Å². The van der Waals surface area contributed by atoms with Gasteiger partial charge in [0.1, 0.15) is 11.7 Å². The summed E-state index contributed by atoms with van der Waals surface area (Å²) in [5, 5.41) is 0. The van der Waals surface area contributed by atoms with Crippen molar-refractivity contribution < 1.29 is 14.2 Å². The van der Waals surface area contributed by atoms with Crippen molar-refractivity contribution in [3.05, 3.63) is 23.8 Å². The maximum absolute atomic E-state index is 6.30. The molecule has 0 saturated carbocycles. The highest BCUT2D eigenvalue weighted by Crippen LogP contribution is 2.42. The number of nitrogens with two attached hydrogens (primary N) is 1. The highest BCUT2D eigenvalue weighted by atomic mass is 16.6. The molecule has 0 aliphatic carbocycles. The van der Waals surface area contributed by atoms with Crippen LogP contribution in [0.3, 0.4) is 0 Å². The van der Waals surface area contributed by atoms with Gasteiger partial charge in [-0.05, 0) is 40.7 Å². The predicted molar refractivity (Wildman–Crippen MR) is 83.8 cm³/mol. The summed E-state index contributed by atoms with van der Waals surface area (Å²) in [6.07, 6.45) is 0.809. The van der Waals surface area contributed by atoms with Crippen molar-refractivity contribution in [3.8, 4) is 11.5 Å². The second kappa shape index (κ2) is 5.85. The minimum Gasteiger partial charge on any atom is -0.490 e. The molecule has 0 bridgehead atoms. The van der Waals surface area contributed by atoms with Crippen LogP contribution in [0.25, 0.3) is 0 Å². The largest absolute Gasteiger partial charge is 0.490 e. The van der Waals surface area contributed by atoms with E-state index in [9.17, 15) is 0 Å². The number of para-hydroxylation sites is 1. The molecule has 0 aromatic heterocycles. The topological polar surface area (TPSA) is 53.7 Å². The lowest BCUT2D eigenvalue weighted by molar-refractivity contribution is -0.0848. The Balaban J connectivity index is 2.30. The van der Waals surface area contributed by atoms with Crippen LogP contribution in [0.15, 0.2) is 18.2 Å². The summed E-state index contributed by atoms with van der Waals surface area (Å²) in [6.45, 7) is 11.3. The van der Waals surface area contributed by atoms with E-state index in [1.54, 1.807) is 0 Å². The number of ether oxygens (including phenoxy) is 3. The van der Waals surface area contributed by atoms with Crippen molar-refractivity contribution in [1.82, 2.24) is 0 Å². The molecule has 2 N–H and O–H groups in total. The lowest BCUT2D eigenvalue weighted by Gasteiger charge is -2.28. The van der Waals surface area contributed by atoms with E-state index in [-0.39, 0.29) is 17.3 Å². The molecule has 1 aliphatic heterocycles. The normalized spacial score (nSPS) is 23.0. The first kappa shape index (κ1) is 16.1. The first-order valence-electron chi connectivity index (χ1n) is 7.60. The monoisotopic (exact) mass is 293 g/mol. The maximum Gasteiger partial charge on any atom is 0.166 e.